The molecule has 0 aromatic carbocycles. The van der Waals surface area contributed by atoms with Gasteiger partial charge in [-0.15, -0.1) is 0 Å². The summed E-state index contributed by atoms with van der Waals surface area (Å²) in [7, 11) is 0. The van der Waals surface area contributed by atoms with Gasteiger partial charge in [0.25, 0.3) is 0 Å². The third-order valence-corrected chi connectivity index (χ3v) is 3.14. The van der Waals surface area contributed by atoms with Crippen LogP contribution in [0.4, 0.5) is 4.79 Å². The first-order chi connectivity index (χ1) is 9.04. The van der Waals surface area contributed by atoms with Crippen molar-refractivity contribution in [1.29, 1.82) is 0 Å². The van der Waals surface area contributed by atoms with Crippen LogP contribution < -0.4 is 5.32 Å². The third-order valence-electron chi connectivity index (χ3n) is 3.14. The summed E-state index contributed by atoms with van der Waals surface area (Å²) < 4.78 is 5.25. The first kappa shape index (κ1) is 15.7. The molecule has 7 heteroatoms. The topological polar surface area (TPSA) is 99.1 Å². The predicted octanol–water partition coefficient (Wildman–Crippen LogP) is -0.110. The Hall–Kier alpha value is -1.34. The molecule has 2 unspecified atom stereocenters. The monoisotopic (exact) mass is 274 g/mol. The van der Waals surface area contributed by atoms with Gasteiger partial charge in [0, 0.05) is 13.1 Å². The molecule has 2 atom stereocenters. The van der Waals surface area contributed by atoms with Crippen LogP contribution >= 0.6 is 0 Å². The number of urea groups is 1. The van der Waals surface area contributed by atoms with Gasteiger partial charge in [-0.3, -0.25) is 4.79 Å². The lowest BCUT2D eigenvalue weighted by Crippen LogP contribution is -2.50. The fourth-order valence-electron chi connectivity index (χ4n) is 1.85. The van der Waals surface area contributed by atoms with Gasteiger partial charge in [0.05, 0.1) is 31.8 Å². The Morgan fingerprint density at radius 3 is 2.89 bits per heavy atom. The van der Waals surface area contributed by atoms with E-state index in [0.717, 1.165) is 0 Å². The maximum Gasteiger partial charge on any atom is 0.317 e. The van der Waals surface area contributed by atoms with Gasteiger partial charge in [0.15, 0.2) is 0 Å². The van der Waals surface area contributed by atoms with Crippen LogP contribution in [0.1, 0.15) is 19.8 Å². The number of amides is 2. The minimum absolute atomic E-state index is 0.0973. The first-order valence-corrected chi connectivity index (χ1v) is 6.52. The number of morpholine rings is 1. The summed E-state index contributed by atoms with van der Waals surface area (Å²) in [5.41, 5.74) is 0. The van der Waals surface area contributed by atoms with Crippen LogP contribution in [0.5, 0.6) is 0 Å². The van der Waals surface area contributed by atoms with Crippen LogP contribution in [-0.4, -0.2) is 66.1 Å². The van der Waals surface area contributed by atoms with E-state index in [2.05, 4.69) is 5.32 Å². The summed E-state index contributed by atoms with van der Waals surface area (Å²) in [4.78, 5) is 24.0. The molecule has 0 saturated carbocycles. The van der Waals surface area contributed by atoms with Crippen LogP contribution in [0.2, 0.25) is 0 Å². The molecule has 2 amide bonds. The zero-order chi connectivity index (χ0) is 14.3. The molecule has 7 nitrogen and oxygen atoms in total. The van der Waals surface area contributed by atoms with E-state index in [1.165, 1.54) is 0 Å². The first-order valence-electron chi connectivity index (χ1n) is 6.52. The number of carboxylic acid groups (broad SMARTS) is 1. The minimum atomic E-state index is -0.815. The Morgan fingerprint density at radius 2 is 2.26 bits per heavy atom. The largest absolute Gasteiger partial charge is 0.481 e. The van der Waals surface area contributed by atoms with Crippen molar-refractivity contribution in [2.75, 3.05) is 32.8 Å². The molecule has 110 valence electrons. The second-order valence-electron chi connectivity index (χ2n) is 4.73. The summed E-state index contributed by atoms with van der Waals surface area (Å²) in [6.45, 7) is 3.33. The molecule has 1 fully saturated rings. The summed E-state index contributed by atoms with van der Waals surface area (Å²) in [5, 5.41) is 20.4. The number of carbonyl (C=O) groups is 2. The highest BCUT2D eigenvalue weighted by Gasteiger charge is 2.23. The summed E-state index contributed by atoms with van der Waals surface area (Å²) in [6.07, 6.45) is 0.858. The Balaban J connectivity index is 2.18. The highest BCUT2D eigenvalue weighted by Crippen LogP contribution is 2.06. The molecule has 1 aliphatic heterocycles. The Morgan fingerprint density at radius 1 is 1.53 bits per heavy atom. The van der Waals surface area contributed by atoms with E-state index in [9.17, 15) is 9.59 Å². The van der Waals surface area contributed by atoms with Gasteiger partial charge in [-0.25, -0.2) is 4.79 Å². The van der Waals surface area contributed by atoms with Crippen molar-refractivity contribution in [2.45, 2.75) is 25.9 Å². The predicted molar refractivity (Wildman–Crippen MR) is 67.8 cm³/mol. The van der Waals surface area contributed by atoms with Crippen LogP contribution in [0.25, 0.3) is 0 Å². The number of nitrogens with zero attached hydrogens (tertiary/aromatic N) is 1. The number of rotatable bonds is 6. The second kappa shape index (κ2) is 7.96. The van der Waals surface area contributed by atoms with E-state index < -0.39 is 5.97 Å². The highest BCUT2D eigenvalue weighted by atomic mass is 16.5. The Labute approximate surface area is 112 Å². The Kier molecular flexibility index (Phi) is 6.58. The number of aliphatic hydroxyl groups excluding tert-OH is 1. The molecular weight excluding hydrogens is 252 g/mol. The molecule has 0 spiro atoms. The molecule has 3 N–H and O–H groups in total. The van der Waals surface area contributed by atoms with Gasteiger partial charge in [-0.1, -0.05) is 6.92 Å². The molecule has 0 radical (unpaired) electrons. The van der Waals surface area contributed by atoms with Crippen molar-refractivity contribution in [1.82, 2.24) is 10.2 Å². The lowest BCUT2D eigenvalue weighted by atomic mass is 10.1. The van der Waals surface area contributed by atoms with E-state index >= 15 is 0 Å². The minimum Gasteiger partial charge on any atom is -0.481 e. The van der Waals surface area contributed by atoms with Crippen LogP contribution in [0.3, 0.4) is 0 Å². The summed E-state index contributed by atoms with van der Waals surface area (Å²) >= 11 is 0. The van der Waals surface area contributed by atoms with Gasteiger partial charge in [0.1, 0.15) is 0 Å². The van der Waals surface area contributed by atoms with Crippen molar-refractivity contribution in [3.05, 3.63) is 0 Å². The number of hydrogen-bond acceptors (Lipinski definition) is 4. The SMILES string of the molecule is CC(CCCNC(=O)N1CCOC(CO)C1)C(=O)O. The van der Waals surface area contributed by atoms with E-state index in [-0.39, 0.29) is 24.7 Å². The number of nitrogens with one attached hydrogen (secondary N) is 1. The fraction of sp³-hybridized carbons (Fsp3) is 0.833. The van der Waals surface area contributed by atoms with Gasteiger partial charge in [-0.05, 0) is 12.8 Å². The quantitative estimate of drug-likeness (QED) is 0.587. The smallest absolute Gasteiger partial charge is 0.317 e. The van der Waals surface area contributed by atoms with E-state index in [1.54, 1.807) is 11.8 Å². The number of aliphatic carboxylic acids is 1. The van der Waals surface area contributed by atoms with E-state index in [0.29, 0.717) is 39.1 Å². The van der Waals surface area contributed by atoms with Crippen molar-refractivity contribution < 1.29 is 24.5 Å². The van der Waals surface area contributed by atoms with E-state index in [4.69, 9.17) is 14.9 Å². The van der Waals surface area contributed by atoms with Crippen molar-refractivity contribution in [2.24, 2.45) is 5.92 Å². The van der Waals surface area contributed by atoms with Crippen molar-refractivity contribution in [3.63, 3.8) is 0 Å². The molecule has 0 bridgehead atoms. The average Bonchev–Trinajstić information content (AvgIpc) is 2.42. The van der Waals surface area contributed by atoms with E-state index in [1.807, 2.05) is 0 Å². The summed E-state index contributed by atoms with van der Waals surface area (Å²) in [6, 6.07) is -0.190. The molecule has 0 aliphatic carbocycles. The zero-order valence-corrected chi connectivity index (χ0v) is 11.2. The maximum absolute atomic E-state index is 11.8. The number of ether oxygens (including phenoxy) is 1. The normalized spacial score (nSPS) is 20.9. The second-order valence-corrected chi connectivity index (χ2v) is 4.73. The molecule has 0 aromatic heterocycles. The molecule has 1 rings (SSSR count). The highest BCUT2D eigenvalue weighted by molar-refractivity contribution is 5.74. The number of carboxylic acids is 1. The molecule has 0 aromatic rings. The lowest BCUT2D eigenvalue weighted by molar-refractivity contribution is -0.141. The number of carbonyl (C=O) groups excluding carboxylic acids is 1. The molecule has 1 heterocycles. The number of aliphatic hydroxyl groups is 1. The molecular formula is C12H22N2O5. The van der Waals surface area contributed by atoms with Gasteiger partial charge < -0.3 is 25.2 Å². The van der Waals surface area contributed by atoms with Gasteiger partial charge in [0.2, 0.25) is 0 Å². The van der Waals surface area contributed by atoms with Crippen molar-refractivity contribution in [3.8, 4) is 0 Å². The van der Waals surface area contributed by atoms with Crippen LogP contribution in [-0.2, 0) is 9.53 Å². The Bertz CT molecular complexity index is 310. The van der Waals surface area contributed by atoms with Crippen LogP contribution in [0, 0.1) is 5.92 Å². The van der Waals surface area contributed by atoms with Crippen LogP contribution in [0.15, 0.2) is 0 Å². The zero-order valence-electron chi connectivity index (χ0n) is 11.2. The standard InChI is InChI=1S/C12H22N2O5/c1-9(11(16)17)3-2-4-13-12(18)14-5-6-19-10(7-14)8-15/h9-10,15H,2-8H2,1H3,(H,13,18)(H,16,17). The average molecular weight is 274 g/mol. The maximum atomic E-state index is 11.8. The third kappa shape index (κ3) is 5.44. The van der Waals surface area contributed by atoms with Gasteiger partial charge >= 0.3 is 12.0 Å². The molecule has 1 aliphatic rings. The fourth-order valence-corrected chi connectivity index (χ4v) is 1.85. The lowest BCUT2D eigenvalue weighted by Gasteiger charge is -2.32. The summed E-state index contributed by atoms with van der Waals surface area (Å²) in [5.74, 6) is -1.20. The number of hydrogen-bond donors (Lipinski definition) is 3. The van der Waals surface area contributed by atoms with Crippen molar-refractivity contribution >= 4 is 12.0 Å². The molecule has 1 saturated heterocycles. The molecule has 19 heavy (non-hydrogen) atoms. The van der Waals surface area contributed by atoms with Gasteiger partial charge in [-0.2, -0.15) is 0 Å².